The van der Waals surface area contributed by atoms with Crippen molar-refractivity contribution < 1.29 is 14.1 Å². The molecule has 2 aliphatic rings. The zero-order valence-corrected chi connectivity index (χ0v) is 17.5. The molecule has 1 amide bonds. The number of hydrogen-bond donors (Lipinski definition) is 1. The second-order valence-electron chi connectivity index (χ2n) is 8.26. The maximum absolute atomic E-state index is 12.7. The number of carbonyl (C=O) groups is 1. The quantitative estimate of drug-likeness (QED) is 0.682. The summed E-state index contributed by atoms with van der Waals surface area (Å²) in [6.07, 6.45) is 3.92. The van der Waals surface area contributed by atoms with Crippen LogP contribution < -0.4 is 10.1 Å². The van der Waals surface area contributed by atoms with E-state index in [-0.39, 0.29) is 12.0 Å². The van der Waals surface area contributed by atoms with Crippen molar-refractivity contribution in [3.63, 3.8) is 0 Å². The Morgan fingerprint density at radius 1 is 1.06 bits per heavy atom. The summed E-state index contributed by atoms with van der Waals surface area (Å²) in [5, 5.41) is 7.12. The molecule has 5 rings (SSSR count). The average Bonchev–Trinajstić information content (AvgIpc) is 3.15. The van der Waals surface area contributed by atoms with E-state index in [1.54, 1.807) is 0 Å². The number of nitrogens with zero attached hydrogens (tertiary/aromatic N) is 2. The summed E-state index contributed by atoms with van der Waals surface area (Å²) in [5.41, 5.74) is 4.26. The number of para-hydroxylation sites is 1. The number of rotatable bonds is 5. The minimum absolute atomic E-state index is 0.0538. The third-order valence-corrected chi connectivity index (χ3v) is 6.11. The molecule has 3 aromatic rings. The smallest absolute Gasteiger partial charge is 0.290 e. The fourth-order valence-electron chi connectivity index (χ4n) is 4.47. The van der Waals surface area contributed by atoms with Crippen molar-refractivity contribution in [3.8, 4) is 5.75 Å². The predicted octanol–water partition coefficient (Wildman–Crippen LogP) is 3.92. The average molecular weight is 418 g/mol. The fraction of sp³-hybridized carbons (Fsp3) is 0.360. The molecule has 6 nitrogen and oxygen atoms in total. The first-order chi connectivity index (χ1) is 15.3. The van der Waals surface area contributed by atoms with Crippen LogP contribution in [0.15, 0.2) is 59.1 Å². The van der Waals surface area contributed by atoms with Crippen molar-refractivity contribution >= 4 is 5.91 Å². The summed E-state index contributed by atoms with van der Waals surface area (Å²) < 4.78 is 11.7. The van der Waals surface area contributed by atoms with E-state index >= 15 is 0 Å². The van der Waals surface area contributed by atoms with Crippen molar-refractivity contribution in [3.05, 3.63) is 82.7 Å². The Morgan fingerprint density at radius 3 is 2.77 bits per heavy atom. The first-order valence-corrected chi connectivity index (χ1v) is 11.1. The number of amides is 1. The van der Waals surface area contributed by atoms with E-state index < -0.39 is 0 Å². The van der Waals surface area contributed by atoms with E-state index in [9.17, 15) is 4.79 Å². The van der Waals surface area contributed by atoms with Crippen molar-refractivity contribution in [2.75, 3.05) is 19.6 Å². The fourth-order valence-corrected chi connectivity index (χ4v) is 4.47. The molecule has 160 valence electrons. The largest absolute Gasteiger partial charge is 0.484 e. The molecule has 1 atom stereocenters. The Kier molecular flexibility index (Phi) is 5.71. The topological polar surface area (TPSA) is 67.6 Å². The third-order valence-electron chi connectivity index (χ3n) is 6.11. The molecule has 0 fully saturated rings. The van der Waals surface area contributed by atoms with Gasteiger partial charge in [0, 0.05) is 37.3 Å². The van der Waals surface area contributed by atoms with Gasteiger partial charge in [-0.2, -0.15) is 0 Å². The van der Waals surface area contributed by atoms with E-state index in [0.717, 1.165) is 73.5 Å². The minimum atomic E-state index is -0.165. The molecule has 2 heterocycles. The van der Waals surface area contributed by atoms with Crippen molar-refractivity contribution in [2.24, 2.45) is 0 Å². The van der Waals surface area contributed by atoms with Gasteiger partial charge < -0.3 is 14.6 Å². The van der Waals surface area contributed by atoms with Gasteiger partial charge in [0.1, 0.15) is 11.9 Å². The molecule has 0 saturated carbocycles. The molecule has 0 saturated heterocycles. The summed E-state index contributed by atoms with van der Waals surface area (Å²) in [4.78, 5) is 15.0. The van der Waals surface area contributed by atoms with Gasteiger partial charge in [-0.3, -0.25) is 9.69 Å². The van der Waals surface area contributed by atoms with E-state index in [1.165, 1.54) is 0 Å². The van der Waals surface area contributed by atoms with Crippen LogP contribution in [0, 0.1) is 0 Å². The van der Waals surface area contributed by atoms with Crippen molar-refractivity contribution in [1.82, 2.24) is 15.4 Å². The molecule has 1 N–H and O–H groups in total. The highest BCUT2D eigenvalue weighted by molar-refractivity contribution is 5.93. The van der Waals surface area contributed by atoms with Gasteiger partial charge in [0.2, 0.25) is 5.76 Å². The van der Waals surface area contributed by atoms with Gasteiger partial charge in [0.15, 0.2) is 0 Å². The van der Waals surface area contributed by atoms with Crippen LogP contribution in [0.3, 0.4) is 0 Å². The van der Waals surface area contributed by atoms with Gasteiger partial charge in [-0.15, -0.1) is 0 Å². The second kappa shape index (κ2) is 8.94. The summed E-state index contributed by atoms with van der Waals surface area (Å²) in [7, 11) is 0. The number of fused-ring (bicyclic) bond motifs is 2. The maximum atomic E-state index is 12.7. The standard InChI is InChI=1S/C25H27N3O3/c29-25(24-20-11-5-6-12-21(20)27-31-24)26-14-15-28-16-19-10-4-7-13-22(19)30-23(17-28)18-8-2-1-3-9-18/h1-4,7-10,13,23H,5-6,11-12,14-17H2,(H,26,29). The summed E-state index contributed by atoms with van der Waals surface area (Å²) in [6, 6.07) is 18.5. The molecular weight excluding hydrogens is 390 g/mol. The predicted molar refractivity (Wildman–Crippen MR) is 117 cm³/mol. The lowest BCUT2D eigenvalue weighted by Crippen LogP contribution is -2.36. The van der Waals surface area contributed by atoms with Gasteiger partial charge in [-0.05, 0) is 37.3 Å². The number of benzene rings is 2. The molecular formula is C25H27N3O3. The molecule has 6 heteroatoms. The maximum Gasteiger partial charge on any atom is 0.290 e. The highest BCUT2D eigenvalue weighted by Gasteiger charge is 2.26. The number of ether oxygens (including phenoxy) is 1. The lowest BCUT2D eigenvalue weighted by Gasteiger charge is -2.24. The lowest BCUT2D eigenvalue weighted by atomic mass is 9.96. The highest BCUT2D eigenvalue weighted by Crippen LogP contribution is 2.31. The monoisotopic (exact) mass is 417 g/mol. The first kappa shape index (κ1) is 19.8. The Bertz CT molecular complexity index is 1050. The van der Waals surface area contributed by atoms with E-state index in [1.807, 2.05) is 36.4 Å². The highest BCUT2D eigenvalue weighted by atomic mass is 16.5. The van der Waals surface area contributed by atoms with Gasteiger partial charge in [-0.1, -0.05) is 53.7 Å². The van der Waals surface area contributed by atoms with Crippen LogP contribution in [0.5, 0.6) is 5.75 Å². The van der Waals surface area contributed by atoms with Crippen LogP contribution >= 0.6 is 0 Å². The van der Waals surface area contributed by atoms with E-state index in [2.05, 4.69) is 33.6 Å². The molecule has 1 unspecified atom stereocenters. The van der Waals surface area contributed by atoms with Crippen LogP contribution in [0.4, 0.5) is 0 Å². The Morgan fingerprint density at radius 2 is 1.87 bits per heavy atom. The van der Waals surface area contributed by atoms with Gasteiger partial charge in [-0.25, -0.2) is 0 Å². The number of aryl methyl sites for hydroxylation is 1. The first-order valence-electron chi connectivity index (χ1n) is 11.1. The van der Waals surface area contributed by atoms with Crippen LogP contribution in [0.25, 0.3) is 0 Å². The second-order valence-corrected chi connectivity index (χ2v) is 8.26. The van der Waals surface area contributed by atoms with Gasteiger partial charge in [0.25, 0.3) is 5.91 Å². The normalized spacial score (nSPS) is 18.4. The SMILES string of the molecule is O=C(NCCN1Cc2ccccc2OC(c2ccccc2)C1)c1onc2c1CCCC2. The third kappa shape index (κ3) is 4.35. The Hall–Kier alpha value is -3.12. The molecule has 2 aromatic carbocycles. The van der Waals surface area contributed by atoms with Crippen LogP contribution in [-0.2, 0) is 19.4 Å². The number of carbonyl (C=O) groups excluding carboxylic acids is 1. The molecule has 1 aromatic heterocycles. The van der Waals surface area contributed by atoms with Crippen LogP contribution in [0.1, 0.15) is 51.9 Å². The van der Waals surface area contributed by atoms with Crippen LogP contribution in [-0.4, -0.2) is 35.6 Å². The minimum Gasteiger partial charge on any atom is -0.484 e. The van der Waals surface area contributed by atoms with Crippen LogP contribution in [0.2, 0.25) is 0 Å². The Labute approximate surface area is 182 Å². The number of nitrogens with one attached hydrogen (secondary N) is 1. The van der Waals surface area contributed by atoms with Crippen molar-refractivity contribution in [1.29, 1.82) is 0 Å². The molecule has 0 radical (unpaired) electrons. The number of aromatic nitrogens is 1. The van der Waals surface area contributed by atoms with Gasteiger partial charge >= 0.3 is 0 Å². The molecule has 31 heavy (non-hydrogen) atoms. The van der Waals surface area contributed by atoms with E-state index in [0.29, 0.717) is 12.3 Å². The van der Waals surface area contributed by atoms with Crippen molar-refractivity contribution in [2.45, 2.75) is 38.3 Å². The number of hydrogen-bond acceptors (Lipinski definition) is 5. The molecule has 1 aliphatic carbocycles. The zero-order chi connectivity index (χ0) is 21.0. The molecule has 1 aliphatic heterocycles. The molecule has 0 spiro atoms. The Balaban J connectivity index is 1.26. The summed E-state index contributed by atoms with van der Waals surface area (Å²) in [6.45, 7) is 2.81. The zero-order valence-electron chi connectivity index (χ0n) is 17.5. The summed E-state index contributed by atoms with van der Waals surface area (Å²) in [5.74, 6) is 1.15. The summed E-state index contributed by atoms with van der Waals surface area (Å²) >= 11 is 0. The lowest BCUT2D eigenvalue weighted by molar-refractivity contribution is 0.0905. The van der Waals surface area contributed by atoms with Gasteiger partial charge in [0.05, 0.1) is 5.69 Å². The van der Waals surface area contributed by atoms with E-state index in [4.69, 9.17) is 9.26 Å². The molecule has 0 bridgehead atoms.